The maximum Gasteiger partial charge on any atom is 0.135 e. The lowest BCUT2D eigenvalue weighted by molar-refractivity contribution is -0.121. The van der Waals surface area contributed by atoms with Crippen LogP contribution < -0.4 is 4.74 Å². The fourth-order valence-corrected chi connectivity index (χ4v) is 2.63. The van der Waals surface area contributed by atoms with E-state index in [2.05, 4.69) is 17.0 Å². The van der Waals surface area contributed by atoms with Crippen molar-refractivity contribution in [1.82, 2.24) is 4.90 Å². The molecule has 3 rings (SSSR count). The molecule has 3 heteroatoms. The average Bonchev–Trinajstić information content (AvgIpc) is 2.74. The number of Topliss-reactive ketones (excluding diaryl/α,β-unsaturated/α-hetero) is 1. The number of piperidine rings is 1. The number of hydrogen-bond donors (Lipinski definition) is 0. The van der Waals surface area contributed by atoms with Gasteiger partial charge in [-0.3, -0.25) is 9.69 Å². The van der Waals surface area contributed by atoms with E-state index in [9.17, 15) is 4.79 Å². The van der Waals surface area contributed by atoms with E-state index in [-0.39, 0.29) is 6.10 Å². The van der Waals surface area contributed by atoms with Gasteiger partial charge in [-0.1, -0.05) is 18.2 Å². The summed E-state index contributed by atoms with van der Waals surface area (Å²) in [5.74, 6) is 1.43. The SMILES string of the molecule is O=C1CCN(CC2Cc3ccccc3O2)CC1. The zero-order valence-electron chi connectivity index (χ0n) is 9.89. The molecule has 0 radical (unpaired) electrons. The molecule has 0 bridgehead atoms. The second-order valence-corrected chi connectivity index (χ2v) is 4.89. The largest absolute Gasteiger partial charge is 0.488 e. The number of hydrogen-bond acceptors (Lipinski definition) is 3. The number of fused-ring (bicyclic) bond motifs is 1. The number of ketones is 1. The number of rotatable bonds is 2. The number of likely N-dealkylation sites (tertiary alicyclic amines) is 1. The highest BCUT2D eigenvalue weighted by molar-refractivity contribution is 5.79. The maximum atomic E-state index is 11.2. The van der Waals surface area contributed by atoms with Crippen molar-refractivity contribution in [2.45, 2.75) is 25.4 Å². The van der Waals surface area contributed by atoms with Gasteiger partial charge in [0, 0.05) is 38.9 Å². The smallest absolute Gasteiger partial charge is 0.135 e. The van der Waals surface area contributed by atoms with Crippen molar-refractivity contribution in [2.75, 3.05) is 19.6 Å². The highest BCUT2D eigenvalue weighted by Crippen LogP contribution is 2.28. The Balaban J connectivity index is 1.57. The quantitative estimate of drug-likeness (QED) is 0.775. The van der Waals surface area contributed by atoms with Crippen molar-refractivity contribution in [3.63, 3.8) is 0 Å². The van der Waals surface area contributed by atoms with E-state index in [4.69, 9.17) is 4.74 Å². The van der Waals surface area contributed by atoms with E-state index in [0.29, 0.717) is 18.6 Å². The number of nitrogens with zero attached hydrogens (tertiary/aromatic N) is 1. The Kier molecular flexibility index (Phi) is 2.85. The van der Waals surface area contributed by atoms with Gasteiger partial charge in [-0.05, 0) is 11.6 Å². The van der Waals surface area contributed by atoms with Crippen molar-refractivity contribution in [3.05, 3.63) is 29.8 Å². The van der Waals surface area contributed by atoms with Crippen LogP contribution in [0.1, 0.15) is 18.4 Å². The zero-order valence-corrected chi connectivity index (χ0v) is 9.89. The Labute approximate surface area is 101 Å². The Morgan fingerprint density at radius 1 is 1.24 bits per heavy atom. The third-order valence-electron chi connectivity index (χ3n) is 3.59. The summed E-state index contributed by atoms with van der Waals surface area (Å²) in [4.78, 5) is 13.5. The van der Waals surface area contributed by atoms with Gasteiger partial charge in [0.05, 0.1) is 0 Å². The molecular weight excluding hydrogens is 214 g/mol. The van der Waals surface area contributed by atoms with E-state index in [1.54, 1.807) is 0 Å². The van der Waals surface area contributed by atoms with Crippen LogP contribution in [0.2, 0.25) is 0 Å². The summed E-state index contributed by atoms with van der Waals surface area (Å²) in [6.07, 6.45) is 2.68. The molecule has 2 heterocycles. The molecule has 0 saturated carbocycles. The minimum atomic E-state index is 0.264. The fraction of sp³-hybridized carbons (Fsp3) is 0.500. The molecule has 0 aromatic heterocycles. The van der Waals surface area contributed by atoms with Crippen molar-refractivity contribution in [2.24, 2.45) is 0 Å². The normalized spacial score (nSPS) is 24.5. The van der Waals surface area contributed by atoms with E-state index in [1.807, 2.05) is 12.1 Å². The standard InChI is InChI=1S/C14H17NO2/c16-12-5-7-15(8-6-12)10-13-9-11-3-1-2-4-14(11)17-13/h1-4,13H,5-10H2. The lowest BCUT2D eigenvalue weighted by Gasteiger charge is -2.27. The van der Waals surface area contributed by atoms with Crippen LogP contribution in [-0.2, 0) is 11.2 Å². The molecule has 2 aliphatic rings. The lowest BCUT2D eigenvalue weighted by atomic mass is 10.1. The van der Waals surface area contributed by atoms with E-state index >= 15 is 0 Å². The molecule has 1 aromatic rings. The molecule has 2 aliphatic heterocycles. The Hall–Kier alpha value is -1.35. The maximum absolute atomic E-state index is 11.2. The fourth-order valence-electron chi connectivity index (χ4n) is 2.63. The van der Waals surface area contributed by atoms with Crippen molar-refractivity contribution in [3.8, 4) is 5.75 Å². The third kappa shape index (κ3) is 2.34. The molecule has 1 atom stereocenters. The summed E-state index contributed by atoms with van der Waals surface area (Å²) in [5.41, 5.74) is 1.31. The van der Waals surface area contributed by atoms with Gasteiger partial charge in [0.15, 0.2) is 0 Å². The van der Waals surface area contributed by atoms with Crippen LogP contribution in [-0.4, -0.2) is 36.4 Å². The first-order valence-electron chi connectivity index (χ1n) is 6.30. The van der Waals surface area contributed by atoms with E-state index in [1.165, 1.54) is 5.56 Å². The zero-order chi connectivity index (χ0) is 11.7. The minimum absolute atomic E-state index is 0.264. The first-order valence-corrected chi connectivity index (χ1v) is 6.30. The molecule has 0 spiro atoms. The van der Waals surface area contributed by atoms with Crippen LogP contribution >= 0.6 is 0 Å². The first kappa shape index (κ1) is 10.8. The molecule has 1 fully saturated rings. The predicted octanol–water partition coefficient (Wildman–Crippen LogP) is 1.66. The number of ether oxygens (including phenoxy) is 1. The van der Waals surface area contributed by atoms with Crippen LogP contribution in [0, 0.1) is 0 Å². The summed E-state index contributed by atoms with van der Waals surface area (Å²) in [6, 6.07) is 8.25. The molecular formula is C14H17NO2. The molecule has 90 valence electrons. The van der Waals surface area contributed by atoms with E-state index < -0.39 is 0 Å². The van der Waals surface area contributed by atoms with Crippen LogP contribution in [0.15, 0.2) is 24.3 Å². The lowest BCUT2D eigenvalue weighted by Crippen LogP contribution is -2.40. The van der Waals surface area contributed by atoms with Crippen LogP contribution in [0.5, 0.6) is 5.75 Å². The van der Waals surface area contributed by atoms with Gasteiger partial charge in [0.1, 0.15) is 17.6 Å². The summed E-state index contributed by atoms with van der Waals surface area (Å²) < 4.78 is 5.91. The number of para-hydroxylation sites is 1. The summed E-state index contributed by atoms with van der Waals surface area (Å²) >= 11 is 0. The number of carbonyl (C=O) groups excluding carboxylic acids is 1. The summed E-state index contributed by atoms with van der Waals surface area (Å²) in [5, 5.41) is 0. The van der Waals surface area contributed by atoms with Gasteiger partial charge in [-0.25, -0.2) is 0 Å². The van der Waals surface area contributed by atoms with Gasteiger partial charge in [-0.15, -0.1) is 0 Å². The molecule has 0 aliphatic carbocycles. The van der Waals surface area contributed by atoms with Crippen molar-refractivity contribution in [1.29, 1.82) is 0 Å². The monoisotopic (exact) mass is 231 g/mol. The minimum Gasteiger partial charge on any atom is -0.488 e. The molecule has 1 unspecified atom stereocenters. The van der Waals surface area contributed by atoms with E-state index in [0.717, 1.165) is 31.8 Å². The molecule has 1 saturated heterocycles. The highest BCUT2D eigenvalue weighted by Gasteiger charge is 2.26. The first-order chi connectivity index (χ1) is 8.31. The Morgan fingerprint density at radius 3 is 2.76 bits per heavy atom. The second-order valence-electron chi connectivity index (χ2n) is 4.89. The Morgan fingerprint density at radius 2 is 2.00 bits per heavy atom. The number of carbonyl (C=O) groups is 1. The van der Waals surface area contributed by atoms with Gasteiger partial charge >= 0.3 is 0 Å². The Bertz CT molecular complexity index is 395. The van der Waals surface area contributed by atoms with Crippen LogP contribution in [0.3, 0.4) is 0 Å². The second kappa shape index (κ2) is 4.49. The molecule has 0 N–H and O–H groups in total. The van der Waals surface area contributed by atoms with Crippen molar-refractivity contribution >= 4 is 5.78 Å². The van der Waals surface area contributed by atoms with Gasteiger partial charge in [-0.2, -0.15) is 0 Å². The molecule has 3 nitrogen and oxygen atoms in total. The molecule has 1 aromatic carbocycles. The average molecular weight is 231 g/mol. The van der Waals surface area contributed by atoms with Crippen LogP contribution in [0.25, 0.3) is 0 Å². The highest BCUT2D eigenvalue weighted by atomic mass is 16.5. The summed E-state index contributed by atoms with van der Waals surface area (Å²) in [7, 11) is 0. The molecule has 0 amide bonds. The number of benzene rings is 1. The van der Waals surface area contributed by atoms with Crippen molar-refractivity contribution < 1.29 is 9.53 Å². The molecule has 17 heavy (non-hydrogen) atoms. The van der Waals surface area contributed by atoms with Gasteiger partial charge in [0.25, 0.3) is 0 Å². The van der Waals surface area contributed by atoms with Gasteiger partial charge in [0.2, 0.25) is 0 Å². The van der Waals surface area contributed by atoms with Crippen LogP contribution in [0.4, 0.5) is 0 Å². The van der Waals surface area contributed by atoms with Gasteiger partial charge < -0.3 is 4.74 Å². The predicted molar refractivity (Wildman–Crippen MR) is 65.2 cm³/mol. The third-order valence-corrected chi connectivity index (χ3v) is 3.59. The topological polar surface area (TPSA) is 29.5 Å². The summed E-state index contributed by atoms with van der Waals surface area (Å²) in [6.45, 7) is 2.74.